The highest BCUT2D eigenvalue weighted by molar-refractivity contribution is 5.73. The van der Waals surface area contributed by atoms with Gasteiger partial charge in [0.25, 0.3) is 0 Å². The predicted molar refractivity (Wildman–Crippen MR) is 73.6 cm³/mol. The van der Waals surface area contributed by atoms with Crippen molar-refractivity contribution >= 4 is 5.91 Å². The van der Waals surface area contributed by atoms with Crippen molar-refractivity contribution in [3.63, 3.8) is 0 Å². The summed E-state index contributed by atoms with van der Waals surface area (Å²) in [6, 6.07) is 0.320. The minimum atomic E-state index is -0.332. The van der Waals surface area contributed by atoms with E-state index in [0.717, 1.165) is 19.4 Å². The Morgan fingerprint density at radius 1 is 1.33 bits per heavy atom. The number of nitrogens with two attached hydrogens (primary N) is 1. The average Bonchev–Trinajstić information content (AvgIpc) is 2.55. The molecule has 2 rings (SSSR count). The van der Waals surface area contributed by atoms with Crippen LogP contribution in [0.3, 0.4) is 0 Å². The quantitative estimate of drug-likeness (QED) is 0.576. The normalized spacial score (nSPS) is 43.3. The first-order chi connectivity index (χ1) is 7.92. The summed E-state index contributed by atoms with van der Waals surface area (Å²) in [5.41, 5.74) is 6.52. The van der Waals surface area contributed by atoms with E-state index in [2.05, 4.69) is 41.5 Å². The van der Waals surface area contributed by atoms with Crippen LogP contribution in [0.5, 0.6) is 0 Å². The molecule has 0 aromatic heterocycles. The van der Waals surface area contributed by atoms with E-state index in [4.69, 9.17) is 5.73 Å². The van der Waals surface area contributed by atoms with Crippen molar-refractivity contribution in [2.75, 3.05) is 6.54 Å². The van der Waals surface area contributed by atoms with Gasteiger partial charge in [-0.25, -0.2) is 9.28 Å². The molecule has 2 saturated heterocycles. The molecule has 3 atom stereocenters. The van der Waals surface area contributed by atoms with E-state index in [0.29, 0.717) is 22.9 Å². The Morgan fingerprint density at radius 2 is 1.89 bits per heavy atom. The first-order valence-corrected chi connectivity index (χ1v) is 7.13. The second-order valence-corrected chi connectivity index (χ2v) is 8.58. The molecule has 1 spiro atoms. The zero-order chi connectivity index (χ0) is 14.0. The van der Waals surface area contributed by atoms with E-state index in [9.17, 15) is 4.79 Å². The Bertz CT molecular complexity index is 378. The van der Waals surface area contributed by atoms with E-state index in [1.54, 1.807) is 0 Å². The van der Waals surface area contributed by atoms with Gasteiger partial charge in [0.05, 0.1) is 13.0 Å². The van der Waals surface area contributed by atoms with Gasteiger partial charge in [-0.2, -0.15) is 0 Å². The molecule has 104 valence electrons. The fourth-order valence-electron chi connectivity index (χ4n) is 3.75. The van der Waals surface area contributed by atoms with Crippen molar-refractivity contribution < 1.29 is 9.28 Å². The van der Waals surface area contributed by atoms with E-state index in [1.165, 1.54) is 0 Å². The molecule has 3 heteroatoms. The second-order valence-electron chi connectivity index (χ2n) is 8.58. The lowest BCUT2D eigenvalue weighted by molar-refractivity contribution is -0.770. The molecule has 2 N–H and O–H groups in total. The van der Waals surface area contributed by atoms with Crippen LogP contribution in [0.2, 0.25) is 0 Å². The topological polar surface area (TPSA) is 43.1 Å². The molecule has 2 aliphatic rings. The van der Waals surface area contributed by atoms with Crippen LogP contribution in [0.4, 0.5) is 0 Å². The molecule has 0 bridgehead atoms. The monoisotopic (exact) mass is 253 g/mol. The van der Waals surface area contributed by atoms with Gasteiger partial charge in [0, 0.05) is 19.8 Å². The van der Waals surface area contributed by atoms with E-state index >= 15 is 0 Å². The van der Waals surface area contributed by atoms with Gasteiger partial charge in [0.2, 0.25) is 5.66 Å². The van der Waals surface area contributed by atoms with Gasteiger partial charge in [-0.3, -0.25) is 5.73 Å². The van der Waals surface area contributed by atoms with E-state index in [1.807, 2.05) is 0 Å². The van der Waals surface area contributed by atoms with Crippen LogP contribution < -0.4 is 5.73 Å². The fraction of sp³-hybridized carbons (Fsp3) is 0.933. The highest BCUT2D eigenvalue weighted by atomic mass is 16.2. The summed E-state index contributed by atoms with van der Waals surface area (Å²) in [6.07, 6.45) is 2.82. The van der Waals surface area contributed by atoms with Gasteiger partial charge < -0.3 is 0 Å². The maximum Gasteiger partial charge on any atom is 0.316 e. The zero-order valence-electron chi connectivity index (χ0n) is 12.8. The van der Waals surface area contributed by atoms with Crippen molar-refractivity contribution in [3.8, 4) is 0 Å². The second kappa shape index (κ2) is 3.57. The molecule has 18 heavy (non-hydrogen) atoms. The molecule has 3 unspecified atom stereocenters. The van der Waals surface area contributed by atoms with Gasteiger partial charge in [-0.1, -0.05) is 34.6 Å². The fourth-order valence-corrected chi connectivity index (χ4v) is 3.75. The van der Waals surface area contributed by atoms with Gasteiger partial charge in [-0.15, -0.1) is 0 Å². The van der Waals surface area contributed by atoms with Gasteiger partial charge in [0.1, 0.15) is 0 Å². The van der Waals surface area contributed by atoms with Gasteiger partial charge >= 0.3 is 5.91 Å². The number of quaternary nitrogens is 1. The van der Waals surface area contributed by atoms with Gasteiger partial charge in [0.15, 0.2) is 6.04 Å². The standard InChI is InChI=1S/C15H29N2O/c1-13(2,3)9-11-15(6,16)17(11)8-7-14(4,5)10-12(17)18/h11H,7-10,16H2,1-6H3/q+1. The number of piperidine rings is 1. The van der Waals surface area contributed by atoms with Crippen molar-refractivity contribution in [1.29, 1.82) is 0 Å². The molecule has 3 nitrogen and oxygen atoms in total. The Labute approximate surface area is 111 Å². The summed E-state index contributed by atoms with van der Waals surface area (Å²) in [5.74, 6) is 0.366. The highest BCUT2D eigenvalue weighted by Gasteiger charge is 2.79. The maximum atomic E-state index is 12.6. The lowest BCUT2D eigenvalue weighted by Crippen LogP contribution is -2.51. The molecule has 0 aromatic rings. The van der Waals surface area contributed by atoms with E-state index in [-0.39, 0.29) is 16.5 Å². The summed E-state index contributed by atoms with van der Waals surface area (Å²) in [5, 5.41) is 0. The SMILES string of the molecule is CC(C)(C)CC1C(C)(N)[N+]12CCC(C)(C)CC2=O. The molecule has 2 aliphatic heterocycles. The van der Waals surface area contributed by atoms with Crippen LogP contribution in [0.1, 0.15) is 60.8 Å². The smallest absolute Gasteiger partial charge is 0.274 e. The molecule has 0 aliphatic carbocycles. The molecule has 2 heterocycles. The largest absolute Gasteiger partial charge is 0.316 e. The third-order valence-corrected chi connectivity index (χ3v) is 5.02. The minimum absolute atomic E-state index is 0.158. The van der Waals surface area contributed by atoms with Crippen LogP contribution in [0, 0.1) is 10.8 Å². The molecule has 0 aromatic carbocycles. The number of hydrogen-bond acceptors (Lipinski definition) is 2. The summed E-state index contributed by atoms with van der Waals surface area (Å²) < 4.78 is 0.549. The third-order valence-electron chi connectivity index (χ3n) is 5.02. The summed E-state index contributed by atoms with van der Waals surface area (Å²) in [6.45, 7) is 14.1. The molecule has 0 radical (unpaired) electrons. The van der Waals surface area contributed by atoms with E-state index < -0.39 is 0 Å². The Kier molecular flexibility index (Phi) is 2.78. The number of carbonyl (C=O) groups excluding carboxylic acids is 1. The Balaban J connectivity index is 2.21. The number of hydrogen-bond donors (Lipinski definition) is 1. The van der Waals surface area contributed by atoms with Crippen molar-refractivity contribution in [2.24, 2.45) is 16.6 Å². The first kappa shape index (κ1) is 14.0. The highest BCUT2D eigenvalue weighted by Crippen LogP contribution is 2.56. The van der Waals surface area contributed by atoms with Crippen LogP contribution in [0.15, 0.2) is 0 Å². The molecular weight excluding hydrogens is 224 g/mol. The van der Waals surface area contributed by atoms with Crippen LogP contribution in [-0.4, -0.2) is 28.6 Å². The minimum Gasteiger partial charge on any atom is -0.274 e. The van der Waals surface area contributed by atoms with Crippen molar-refractivity contribution in [2.45, 2.75) is 72.5 Å². The van der Waals surface area contributed by atoms with Gasteiger partial charge in [-0.05, 0) is 10.8 Å². The third kappa shape index (κ3) is 1.92. The summed E-state index contributed by atoms with van der Waals surface area (Å²) in [7, 11) is 0. The number of amides is 1. The van der Waals surface area contributed by atoms with Crippen LogP contribution in [-0.2, 0) is 4.79 Å². The summed E-state index contributed by atoms with van der Waals surface area (Å²) in [4.78, 5) is 12.6. The lowest BCUT2D eigenvalue weighted by Gasteiger charge is -2.35. The number of rotatable bonds is 1. The Morgan fingerprint density at radius 3 is 2.33 bits per heavy atom. The number of nitrogens with zero attached hydrogens (tertiary/aromatic N) is 1. The summed E-state index contributed by atoms with van der Waals surface area (Å²) >= 11 is 0. The van der Waals surface area contributed by atoms with Crippen molar-refractivity contribution in [3.05, 3.63) is 0 Å². The Hall–Kier alpha value is -0.410. The molecule has 0 saturated carbocycles. The van der Waals surface area contributed by atoms with Crippen LogP contribution in [0.25, 0.3) is 0 Å². The first-order valence-electron chi connectivity index (χ1n) is 7.13. The number of carbonyl (C=O) groups is 1. The molecule has 2 fully saturated rings. The molecule has 1 amide bonds. The van der Waals surface area contributed by atoms with Crippen LogP contribution >= 0.6 is 0 Å². The maximum absolute atomic E-state index is 12.6. The zero-order valence-corrected chi connectivity index (χ0v) is 12.8. The molecular formula is C15H29N2O+. The lowest BCUT2D eigenvalue weighted by atomic mass is 9.81. The van der Waals surface area contributed by atoms with Crippen molar-refractivity contribution in [1.82, 2.24) is 0 Å². The average molecular weight is 253 g/mol. The predicted octanol–water partition coefficient (Wildman–Crippen LogP) is 2.64.